The second kappa shape index (κ2) is 6.23. The maximum Gasteiger partial charge on any atom is 0.253 e. The van der Waals surface area contributed by atoms with Gasteiger partial charge in [0.1, 0.15) is 5.82 Å². The molecule has 1 atom stereocenters. The third kappa shape index (κ3) is 2.96. The summed E-state index contributed by atoms with van der Waals surface area (Å²) in [5.41, 5.74) is 1.18. The smallest absolute Gasteiger partial charge is 0.253 e. The summed E-state index contributed by atoms with van der Waals surface area (Å²) >= 11 is 0. The van der Waals surface area contributed by atoms with Gasteiger partial charge in [0.2, 0.25) is 0 Å². The molecule has 0 aliphatic carbocycles. The van der Waals surface area contributed by atoms with E-state index in [1.807, 2.05) is 22.7 Å². The van der Waals surface area contributed by atoms with Crippen LogP contribution < -0.4 is 0 Å². The van der Waals surface area contributed by atoms with Gasteiger partial charge >= 0.3 is 0 Å². The van der Waals surface area contributed by atoms with E-state index >= 15 is 0 Å². The summed E-state index contributed by atoms with van der Waals surface area (Å²) in [6.07, 6.45) is 3.70. The molecule has 2 aromatic rings. The number of piperazine rings is 1. The van der Waals surface area contributed by atoms with Crippen molar-refractivity contribution in [1.82, 2.24) is 19.4 Å². The molecule has 0 radical (unpaired) electrons. The van der Waals surface area contributed by atoms with Gasteiger partial charge in [-0.25, -0.2) is 4.98 Å². The van der Waals surface area contributed by atoms with Crippen molar-refractivity contribution >= 4 is 5.91 Å². The van der Waals surface area contributed by atoms with E-state index in [0.717, 1.165) is 12.4 Å². The highest BCUT2D eigenvalue weighted by Crippen LogP contribution is 2.23. The number of hydrogen-bond acceptors (Lipinski definition) is 4. The van der Waals surface area contributed by atoms with Gasteiger partial charge in [-0.2, -0.15) is 5.26 Å². The summed E-state index contributed by atoms with van der Waals surface area (Å²) < 4.78 is 2.00. The van der Waals surface area contributed by atoms with Gasteiger partial charge in [-0.15, -0.1) is 0 Å². The van der Waals surface area contributed by atoms with E-state index in [9.17, 15) is 4.79 Å². The van der Waals surface area contributed by atoms with Crippen LogP contribution >= 0.6 is 0 Å². The SMILES string of the molecule is CN1CCN(C(=O)c2ccc(C#N)cc2)C[C@@H]1c1nccn1C. The first-order valence-electron chi connectivity index (χ1n) is 7.57. The van der Waals surface area contributed by atoms with Gasteiger partial charge < -0.3 is 9.47 Å². The molecule has 6 heteroatoms. The predicted octanol–water partition coefficient (Wildman–Crippen LogP) is 1.42. The number of hydrogen-bond donors (Lipinski definition) is 0. The van der Waals surface area contributed by atoms with Gasteiger partial charge in [0.05, 0.1) is 17.7 Å². The Hall–Kier alpha value is -2.65. The molecule has 1 aromatic carbocycles. The van der Waals surface area contributed by atoms with E-state index in [1.165, 1.54) is 0 Å². The standard InChI is InChI=1S/C17H19N5O/c1-20-9-10-22(12-15(20)16-19-7-8-21(16)2)17(23)14-5-3-13(11-18)4-6-14/h3-8,15H,9-10,12H2,1-2H3/t15-/m1/s1. The van der Waals surface area contributed by atoms with E-state index in [1.54, 1.807) is 30.5 Å². The first-order valence-corrected chi connectivity index (χ1v) is 7.57. The van der Waals surface area contributed by atoms with Crippen LogP contribution in [0.25, 0.3) is 0 Å². The molecular weight excluding hydrogens is 290 g/mol. The van der Waals surface area contributed by atoms with Crippen LogP contribution in [0, 0.1) is 11.3 Å². The number of nitrogens with zero attached hydrogens (tertiary/aromatic N) is 5. The molecule has 6 nitrogen and oxygen atoms in total. The number of aromatic nitrogens is 2. The number of carbonyl (C=O) groups excluding carboxylic acids is 1. The number of carbonyl (C=O) groups is 1. The largest absolute Gasteiger partial charge is 0.337 e. The monoisotopic (exact) mass is 309 g/mol. The number of nitriles is 1. The molecular formula is C17H19N5O. The number of imidazole rings is 1. The number of amides is 1. The fourth-order valence-electron chi connectivity index (χ4n) is 2.91. The molecule has 3 rings (SSSR count). The Morgan fingerprint density at radius 2 is 2.00 bits per heavy atom. The molecule has 0 N–H and O–H groups in total. The van der Waals surface area contributed by atoms with Crippen LogP contribution in [0.1, 0.15) is 27.8 Å². The lowest BCUT2D eigenvalue weighted by Gasteiger charge is -2.39. The van der Waals surface area contributed by atoms with Crippen LogP contribution in [-0.2, 0) is 7.05 Å². The Bertz CT molecular complexity index is 743. The average Bonchev–Trinajstić information content (AvgIpc) is 3.00. The van der Waals surface area contributed by atoms with Crippen LogP contribution in [0.4, 0.5) is 0 Å². The maximum atomic E-state index is 12.7. The Morgan fingerprint density at radius 1 is 1.26 bits per heavy atom. The minimum absolute atomic E-state index is 0.00167. The van der Waals surface area contributed by atoms with Gasteiger partial charge in [0.15, 0.2) is 0 Å². The lowest BCUT2D eigenvalue weighted by molar-refractivity contribution is 0.0529. The number of aryl methyl sites for hydroxylation is 1. The minimum atomic E-state index is 0.00167. The molecule has 1 amide bonds. The topological polar surface area (TPSA) is 65.2 Å². The highest BCUT2D eigenvalue weighted by atomic mass is 16.2. The first kappa shape index (κ1) is 15.3. The maximum absolute atomic E-state index is 12.7. The Balaban J connectivity index is 1.79. The van der Waals surface area contributed by atoms with Crippen molar-refractivity contribution in [3.63, 3.8) is 0 Å². The molecule has 118 valence electrons. The van der Waals surface area contributed by atoms with E-state index in [0.29, 0.717) is 24.2 Å². The van der Waals surface area contributed by atoms with Gasteiger partial charge in [0.25, 0.3) is 5.91 Å². The summed E-state index contributed by atoms with van der Waals surface area (Å²) in [6.45, 7) is 2.11. The average molecular weight is 309 g/mol. The van der Waals surface area contributed by atoms with Crippen molar-refractivity contribution < 1.29 is 4.79 Å². The van der Waals surface area contributed by atoms with Crippen LogP contribution in [0.5, 0.6) is 0 Å². The predicted molar refractivity (Wildman–Crippen MR) is 85.6 cm³/mol. The van der Waals surface area contributed by atoms with Crippen LogP contribution in [-0.4, -0.2) is 51.9 Å². The van der Waals surface area contributed by atoms with E-state index in [2.05, 4.69) is 23.0 Å². The summed E-state index contributed by atoms with van der Waals surface area (Å²) in [5.74, 6) is 0.964. The highest BCUT2D eigenvalue weighted by molar-refractivity contribution is 5.94. The molecule has 0 spiro atoms. The summed E-state index contributed by atoms with van der Waals surface area (Å²) in [6, 6.07) is 8.95. The third-order valence-corrected chi connectivity index (χ3v) is 4.35. The lowest BCUT2D eigenvalue weighted by atomic mass is 10.1. The van der Waals surface area contributed by atoms with Crippen molar-refractivity contribution in [3.05, 3.63) is 53.6 Å². The van der Waals surface area contributed by atoms with Gasteiger partial charge in [-0.05, 0) is 31.3 Å². The Morgan fingerprint density at radius 3 is 2.61 bits per heavy atom. The van der Waals surface area contributed by atoms with Crippen molar-refractivity contribution in [2.45, 2.75) is 6.04 Å². The van der Waals surface area contributed by atoms with Crippen LogP contribution in [0.15, 0.2) is 36.7 Å². The van der Waals surface area contributed by atoms with Crippen molar-refractivity contribution in [1.29, 1.82) is 5.26 Å². The fraction of sp³-hybridized carbons (Fsp3) is 0.353. The molecule has 1 saturated heterocycles. The van der Waals surface area contributed by atoms with Gasteiger partial charge in [-0.1, -0.05) is 0 Å². The summed E-state index contributed by atoms with van der Waals surface area (Å²) in [4.78, 5) is 21.2. The molecule has 0 bridgehead atoms. The van der Waals surface area contributed by atoms with Crippen molar-refractivity contribution in [3.8, 4) is 6.07 Å². The number of benzene rings is 1. The lowest BCUT2D eigenvalue weighted by Crippen LogP contribution is -2.49. The summed E-state index contributed by atoms with van der Waals surface area (Å²) in [5, 5.41) is 8.85. The normalized spacial score (nSPS) is 18.7. The number of rotatable bonds is 2. The highest BCUT2D eigenvalue weighted by Gasteiger charge is 2.31. The quantitative estimate of drug-likeness (QED) is 0.841. The van der Waals surface area contributed by atoms with Crippen molar-refractivity contribution in [2.24, 2.45) is 7.05 Å². The van der Waals surface area contributed by atoms with Crippen molar-refractivity contribution in [2.75, 3.05) is 26.7 Å². The number of likely N-dealkylation sites (N-methyl/N-ethyl adjacent to an activating group) is 1. The van der Waals surface area contributed by atoms with Crippen LogP contribution in [0.2, 0.25) is 0 Å². The summed E-state index contributed by atoms with van der Waals surface area (Å²) in [7, 11) is 4.03. The molecule has 23 heavy (non-hydrogen) atoms. The zero-order chi connectivity index (χ0) is 16.4. The molecule has 2 heterocycles. The third-order valence-electron chi connectivity index (χ3n) is 4.35. The second-order valence-electron chi connectivity index (χ2n) is 5.83. The minimum Gasteiger partial charge on any atom is -0.337 e. The Labute approximate surface area is 135 Å². The van der Waals surface area contributed by atoms with E-state index in [-0.39, 0.29) is 11.9 Å². The fourth-order valence-corrected chi connectivity index (χ4v) is 2.91. The van der Waals surface area contributed by atoms with E-state index < -0.39 is 0 Å². The first-order chi connectivity index (χ1) is 11.1. The van der Waals surface area contributed by atoms with Gasteiger partial charge in [0, 0.05) is 44.6 Å². The Kier molecular flexibility index (Phi) is 4.13. The van der Waals surface area contributed by atoms with E-state index in [4.69, 9.17) is 5.26 Å². The molecule has 1 aliphatic heterocycles. The molecule has 1 aromatic heterocycles. The zero-order valence-electron chi connectivity index (χ0n) is 13.3. The molecule has 0 saturated carbocycles. The molecule has 1 fully saturated rings. The second-order valence-corrected chi connectivity index (χ2v) is 5.83. The zero-order valence-corrected chi connectivity index (χ0v) is 13.3. The van der Waals surface area contributed by atoms with Crippen LogP contribution in [0.3, 0.4) is 0 Å². The molecule has 1 aliphatic rings. The van der Waals surface area contributed by atoms with Gasteiger partial charge in [-0.3, -0.25) is 9.69 Å². The molecule has 0 unspecified atom stereocenters.